The number of nitrogens with zero attached hydrogens (tertiary/aromatic N) is 3. The van der Waals surface area contributed by atoms with Gasteiger partial charge in [0.2, 0.25) is 16.9 Å². The zero-order valence-electron chi connectivity index (χ0n) is 18.3. The third kappa shape index (κ3) is 3.74. The van der Waals surface area contributed by atoms with Gasteiger partial charge in [0.15, 0.2) is 0 Å². The number of hydrogen-bond acceptors (Lipinski definition) is 5. The summed E-state index contributed by atoms with van der Waals surface area (Å²) >= 11 is 1.56. The number of anilines is 1. The Labute approximate surface area is 192 Å². The van der Waals surface area contributed by atoms with E-state index < -0.39 is 0 Å². The third-order valence-corrected chi connectivity index (χ3v) is 9.33. The van der Waals surface area contributed by atoms with Crippen molar-refractivity contribution in [2.24, 2.45) is 23.7 Å². The predicted molar refractivity (Wildman–Crippen MR) is 123 cm³/mol. The van der Waals surface area contributed by atoms with Gasteiger partial charge >= 0.3 is 0 Å². The van der Waals surface area contributed by atoms with E-state index in [1.54, 1.807) is 11.3 Å². The Morgan fingerprint density at radius 2 is 1.75 bits per heavy atom. The molecule has 2 amide bonds. The monoisotopic (exact) mass is 450 g/mol. The van der Waals surface area contributed by atoms with Crippen LogP contribution < -0.4 is 5.32 Å². The highest BCUT2D eigenvalue weighted by Gasteiger charge is 2.53. The van der Waals surface area contributed by atoms with Crippen LogP contribution in [0.25, 0.3) is 0 Å². The molecular weight excluding hydrogens is 420 g/mol. The number of amides is 2. The van der Waals surface area contributed by atoms with Crippen LogP contribution in [-0.4, -0.2) is 40.0 Å². The van der Waals surface area contributed by atoms with Crippen LogP contribution in [0, 0.1) is 23.7 Å². The number of carbonyl (C=O) groups is 2. The summed E-state index contributed by atoms with van der Waals surface area (Å²) in [5.74, 6) is 2.21. The van der Waals surface area contributed by atoms with Crippen molar-refractivity contribution in [2.75, 3.05) is 18.4 Å². The SMILES string of the molecule is O=C(Nc1nnc(C23CC4CC(CC(C4)C2)C3)s1)C1CC(=O)N(CCc2ccccc2)C1. The summed E-state index contributed by atoms with van der Waals surface area (Å²) in [7, 11) is 0. The first-order valence-corrected chi connectivity index (χ1v) is 12.8. The minimum atomic E-state index is -0.315. The normalized spacial score (nSPS) is 33.1. The van der Waals surface area contributed by atoms with Crippen molar-refractivity contribution in [1.82, 2.24) is 15.1 Å². The lowest BCUT2D eigenvalue weighted by atomic mass is 9.50. The minimum absolute atomic E-state index is 0.0626. The summed E-state index contributed by atoms with van der Waals surface area (Å²) in [6.07, 6.45) is 9.03. The fourth-order valence-corrected chi connectivity index (χ4v) is 8.11. The summed E-state index contributed by atoms with van der Waals surface area (Å²) in [5.41, 5.74) is 1.41. The minimum Gasteiger partial charge on any atom is -0.342 e. The Morgan fingerprint density at radius 3 is 2.44 bits per heavy atom. The van der Waals surface area contributed by atoms with Crippen LogP contribution in [0.1, 0.15) is 55.5 Å². The van der Waals surface area contributed by atoms with Gasteiger partial charge < -0.3 is 10.2 Å². The molecule has 6 nitrogen and oxygen atoms in total. The number of carbonyl (C=O) groups excluding carboxylic acids is 2. The van der Waals surface area contributed by atoms with Crippen molar-refractivity contribution in [1.29, 1.82) is 0 Å². The van der Waals surface area contributed by atoms with E-state index in [1.165, 1.54) is 44.1 Å². The van der Waals surface area contributed by atoms with Crippen LogP contribution in [0.2, 0.25) is 0 Å². The Bertz CT molecular complexity index is 985. The molecule has 2 aromatic rings. The Hall–Kier alpha value is -2.28. The fraction of sp³-hybridized carbons (Fsp3) is 0.600. The molecule has 7 heteroatoms. The number of benzene rings is 1. The number of aromatic nitrogens is 2. The van der Waals surface area contributed by atoms with E-state index in [0.717, 1.165) is 29.2 Å². The molecule has 4 saturated carbocycles. The van der Waals surface area contributed by atoms with Crippen molar-refractivity contribution in [3.8, 4) is 0 Å². The molecule has 1 N–H and O–H groups in total. The van der Waals surface area contributed by atoms with Gasteiger partial charge in [-0.1, -0.05) is 41.7 Å². The maximum absolute atomic E-state index is 12.9. The number of rotatable bonds is 6. The summed E-state index contributed by atoms with van der Waals surface area (Å²) in [4.78, 5) is 27.2. The molecule has 1 unspecified atom stereocenters. The first kappa shape index (κ1) is 20.3. The lowest BCUT2D eigenvalue weighted by Crippen LogP contribution is -2.48. The molecule has 168 valence electrons. The van der Waals surface area contributed by atoms with Gasteiger partial charge in [-0.25, -0.2) is 0 Å². The third-order valence-electron chi connectivity index (χ3n) is 8.25. The lowest BCUT2D eigenvalue weighted by Gasteiger charge is -2.55. The zero-order valence-corrected chi connectivity index (χ0v) is 19.2. The van der Waals surface area contributed by atoms with Crippen LogP contribution in [0.4, 0.5) is 5.13 Å². The zero-order chi connectivity index (χ0) is 21.7. The van der Waals surface area contributed by atoms with E-state index >= 15 is 0 Å². The van der Waals surface area contributed by atoms with Crippen LogP contribution in [0.15, 0.2) is 30.3 Å². The molecular formula is C25H30N4O2S. The molecule has 1 saturated heterocycles. The van der Waals surface area contributed by atoms with E-state index in [9.17, 15) is 9.59 Å². The summed E-state index contributed by atoms with van der Waals surface area (Å²) in [6, 6.07) is 10.2. The molecule has 0 radical (unpaired) electrons. The molecule has 7 rings (SSSR count). The van der Waals surface area contributed by atoms with Gasteiger partial charge in [0, 0.05) is 24.9 Å². The highest BCUT2D eigenvalue weighted by molar-refractivity contribution is 7.15. The van der Waals surface area contributed by atoms with Gasteiger partial charge in [-0.2, -0.15) is 0 Å². The van der Waals surface area contributed by atoms with Gasteiger partial charge in [-0.15, -0.1) is 10.2 Å². The summed E-state index contributed by atoms with van der Waals surface area (Å²) < 4.78 is 0. The van der Waals surface area contributed by atoms with E-state index in [2.05, 4.69) is 27.6 Å². The molecule has 0 spiro atoms. The highest BCUT2D eigenvalue weighted by atomic mass is 32.1. The standard InChI is InChI=1S/C25H30N4O2S/c30-21-11-20(15-29(21)7-6-16-4-2-1-3-5-16)22(31)26-24-28-27-23(32-24)25-12-17-8-18(13-25)10-19(9-17)14-25/h1-5,17-20H,6-15H2,(H,26,28,31). The quantitative estimate of drug-likeness (QED) is 0.721. The van der Waals surface area contributed by atoms with Gasteiger partial charge in [0.1, 0.15) is 5.01 Å². The Morgan fingerprint density at radius 1 is 1.06 bits per heavy atom. The highest BCUT2D eigenvalue weighted by Crippen LogP contribution is 2.61. The summed E-state index contributed by atoms with van der Waals surface area (Å²) in [5, 5.41) is 13.6. The van der Waals surface area contributed by atoms with Crippen molar-refractivity contribution in [2.45, 2.75) is 56.8 Å². The molecule has 2 heterocycles. The van der Waals surface area contributed by atoms with Crippen molar-refractivity contribution < 1.29 is 9.59 Å². The largest absolute Gasteiger partial charge is 0.342 e. The maximum atomic E-state index is 12.9. The summed E-state index contributed by atoms with van der Waals surface area (Å²) in [6.45, 7) is 1.14. The average molecular weight is 451 g/mol. The second-order valence-electron chi connectivity index (χ2n) is 10.6. The molecule has 4 bridgehead atoms. The second kappa shape index (κ2) is 7.94. The molecule has 5 fully saturated rings. The van der Waals surface area contributed by atoms with E-state index in [-0.39, 0.29) is 29.6 Å². The van der Waals surface area contributed by atoms with Crippen LogP contribution in [0.5, 0.6) is 0 Å². The second-order valence-corrected chi connectivity index (χ2v) is 11.6. The maximum Gasteiger partial charge on any atom is 0.231 e. The average Bonchev–Trinajstić information content (AvgIpc) is 3.39. The van der Waals surface area contributed by atoms with Gasteiger partial charge in [-0.05, 0) is 68.3 Å². The van der Waals surface area contributed by atoms with Crippen LogP contribution in [-0.2, 0) is 21.4 Å². The van der Waals surface area contributed by atoms with Gasteiger partial charge in [0.25, 0.3) is 0 Å². The van der Waals surface area contributed by atoms with Crippen molar-refractivity contribution in [3.63, 3.8) is 0 Å². The number of likely N-dealkylation sites (tertiary alicyclic amines) is 1. The van der Waals surface area contributed by atoms with Crippen molar-refractivity contribution in [3.05, 3.63) is 40.9 Å². The molecule has 4 aliphatic carbocycles. The Kier molecular flexibility index (Phi) is 5.05. The van der Waals surface area contributed by atoms with Gasteiger partial charge in [-0.3, -0.25) is 9.59 Å². The molecule has 1 atom stereocenters. The molecule has 1 aromatic carbocycles. The predicted octanol–water partition coefficient (Wildman–Crippen LogP) is 4.04. The lowest BCUT2D eigenvalue weighted by molar-refractivity contribution is -0.128. The first-order chi connectivity index (χ1) is 15.6. The smallest absolute Gasteiger partial charge is 0.231 e. The first-order valence-electron chi connectivity index (χ1n) is 12.0. The molecule has 5 aliphatic rings. The number of nitrogens with one attached hydrogen (secondary N) is 1. The molecule has 1 aromatic heterocycles. The topological polar surface area (TPSA) is 75.2 Å². The van der Waals surface area contributed by atoms with Gasteiger partial charge in [0.05, 0.1) is 5.92 Å². The fourth-order valence-electron chi connectivity index (χ4n) is 7.14. The molecule has 1 aliphatic heterocycles. The van der Waals surface area contributed by atoms with E-state index in [4.69, 9.17) is 0 Å². The Balaban J connectivity index is 1.07. The van der Waals surface area contributed by atoms with Crippen LogP contribution in [0.3, 0.4) is 0 Å². The van der Waals surface area contributed by atoms with E-state index in [0.29, 0.717) is 18.2 Å². The van der Waals surface area contributed by atoms with Crippen molar-refractivity contribution >= 4 is 28.3 Å². The number of hydrogen-bond donors (Lipinski definition) is 1. The van der Waals surface area contributed by atoms with Crippen LogP contribution >= 0.6 is 11.3 Å². The van der Waals surface area contributed by atoms with E-state index in [1.807, 2.05) is 23.1 Å². The molecule has 32 heavy (non-hydrogen) atoms.